The molecule has 23 heavy (non-hydrogen) atoms. The van der Waals surface area contributed by atoms with Crippen molar-refractivity contribution in [1.29, 1.82) is 0 Å². The largest absolute Gasteiger partial charge is 0.344 e. The summed E-state index contributed by atoms with van der Waals surface area (Å²) in [7, 11) is 0. The van der Waals surface area contributed by atoms with Gasteiger partial charge in [0.1, 0.15) is 0 Å². The van der Waals surface area contributed by atoms with Crippen molar-refractivity contribution in [3.63, 3.8) is 0 Å². The minimum atomic E-state index is -0.294. The highest BCUT2D eigenvalue weighted by molar-refractivity contribution is 8.02. The standard InChI is InChI=1S/C15H15ClN4OS2/c1-4-7-17-13(21)10(3)22-15-20-19-14(23-15)18-11-6-5-9(2)12(16)8-11/h1,5-6,8,10H,7H2,2-3H3,(H,17,21)(H,18,19). The van der Waals surface area contributed by atoms with Crippen LogP contribution in [0.5, 0.6) is 0 Å². The molecule has 8 heteroatoms. The van der Waals surface area contributed by atoms with E-state index < -0.39 is 0 Å². The molecule has 120 valence electrons. The maximum absolute atomic E-state index is 11.8. The van der Waals surface area contributed by atoms with E-state index in [1.165, 1.54) is 23.1 Å². The molecule has 2 aromatic rings. The summed E-state index contributed by atoms with van der Waals surface area (Å²) in [4.78, 5) is 11.8. The fourth-order valence-electron chi connectivity index (χ4n) is 1.59. The predicted molar refractivity (Wildman–Crippen MR) is 96.5 cm³/mol. The molecule has 0 saturated heterocycles. The Hall–Kier alpha value is -1.75. The first kappa shape index (κ1) is 17.6. The van der Waals surface area contributed by atoms with Gasteiger partial charge in [0.05, 0.1) is 11.8 Å². The number of benzene rings is 1. The zero-order valence-corrected chi connectivity index (χ0v) is 15.0. The van der Waals surface area contributed by atoms with Gasteiger partial charge in [-0.15, -0.1) is 16.6 Å². The van der Waals surface area contributed by atoms with Crippen LogP contribution in [-0.2, 0) is 4.79 Å². The van der Waals surface area contributed by atoms with Crippen molar-refractivity contribution in [1.82, 2.24) is 15.5 Å². The van der Waals surface area contributed by atoms with Gasteiger partial charge in [-0.1, -0.05) is 46.7 Å². The van der Waals surface area contributed by atoms with Crippen molar-refractivity contribution in [3.8, 4) is 12.3 Å². The number of aryl methyl sites for hydroxylation is 1. The van der Waals surface area contributed by atoms with E-state index in [-0.39, 0.29) is 17.7 Å². The highest BCUT2D eigenvalue weighted by Crippen LogP contribution is 2.31. The van der Waals surface area contributed by atoms with Crippen molar-refractivity contribution in [2.24, 2.45) is 0 Å². The Labute approximate surface area is 148 Å². The summed E-state index contributed by atoms with van der Waals surface area (Å²) >= 11 is 8.81. The van der Waals surface area contributed by atoms with Crippen LogP contribution in [0, 0.1) is 19.3 Å². The third-order valence-electron chi connectivity index (χ3n) is 2.84. The van der Waals surface area contributed by atoms with Gasteiger partial charge < -0.3 is 10.6 Å². The monoisotopic (exact) mass is 366 g/mol. The summed E-state index contributed by atoms with van der Waals surface area (Å²) in [6.07, 6.45) is 5.12. The number of terminal acetylenes is 1. The molecule has 5 nitrogen and oxygen atoms in total. The van der Waals surface area contributed by atoms with Crippen LogP contribution >= 0.6 is 34.7 Å². The van der Waals surface area contributed by atoms with E-state index in [4.69, 9.17) is 18.0 Å². The number of anilines is 2. The third kappa shape index (κ3) is 5.13. The molecule has 0 saturated carbocycles. The summed E-state index contributed by atoms with van der Waals surface area (Å²) < 4.78 is 0.703. The average molecular weight is 367 g/mol. The number of nitrogens with one attached hydrogen (secondary N) is 2. The van der Waals surface area contributed by atoms with Gasteiger partial charge in [0, 0.05) is 10.7 Å². The van der Waals surface area contributed by atoms with Crippen molar-refractivity contribution in [2.45, 2.75) is 23.4 Å². The molecule has 0 radical (unpaired) electrons. The van der Waals surface area contributed by atoms with Crippen LogP contribution in [0.15, 0.2) is 22.5 Å². The minimum absolute atomic E-state index is 0.122. The number of carbonyl (C=O) groups is 1. The van der Waals surface area contributed by atoms with Crippen LogP contribution in [0.3, 0.4) is 0 Å². The van der Waals surface area contributed by atoms with E-state index in [9.17, 15) is 4.79 Å². The van der Waals surface area contributed by atoms with Crippen molar-refractivity contribution in [3.05, 3.63) is 28.8 Å². The van der Waals surface area contributed by atoms with E-state index in [2.05, 4.69) is 26.8 Å². The lowest BCUT2D eigenvalue weighted by atomic mass is 10.2. The topological polar surface area (TPSA) is 66.9 Å². The molecule has 0 aliphatic rings. The Balaban J connectivity index is 1.96. The predicted octanol–water partition coefficient (Wildman–Crippen LogP) is 3.47. The van der Waals surface area contributed by atoms with Crippen LogP contribution in [0.4, 0.5) is 10.8 Å². The number of amides is 1. The fourth-order valence-corrected chi connectivity index (χ4v) is 3.71. The molecule has 1 unspecified atom stereocenters. The quantitative estimate of drug-likeness (QED) is 0.605. The molecule has 1 aromatic carbocycles. The minimum Gasteiger partial charge on any atom is -0.344 e. The zero-order chi connectivity index (χ0) is 16.8. The molecular weight excluding hydrogens is 352 g/mol. The van der Waals surface area contributed by atoms with Gasteiger partial charge in [0.25, 0.3) is 0 Å². The van der Waals surface area contributed by atoms with Crippen LogP contribution in [0.25, 0.3) is 0 Å². The van der Waals surface area contributed by atoms with E-state index in [0.29, 0.717) is 14.5 Å². The van der Waals surface area contributed by atoms with Crippen LogP contribution in [-0.4, -0.2) is 27.9 Å². The van der Waals surface area contributed by atoms with E-state index in [1.807, 2.05) is 25.1 Å². The first-order valence-corrected chi connectivity index (χ1v) is 8.81. The average Bonchev–Trinajstić information content (AvgIpc) is 2.95. The Kier molecular flexibility index (Phi) is 6.28. The molecule has 1 amide bonds. The number of aromatic nitrogens is 2. The summed E-state index contributed by atoms with van der Waals surface area (Å²) in [6.45, 7) is 3.96. The first-order valence-electron chi connectivity index (χ1n) is 6.74. The molecule has 1 aromatic heterocycles. The summed E-state index contributed by atoms with van der Waals surface area (Å²) in [5.41, 5.74) is 1.85. The Morgan fingerprint density at radius 2 is 2.30 bits per heavy atom. The first-order chi connectivity index (χ1) is 11.0. The van der Waals surface area contributed by atoms with Crippen molar-refractivity contribution >= 4 is 51.4 Å². The summed E-state index contributed by atoms with van der Waals surface area (Å²) in [5.74, 6) is 2.25. The molecule has 0 aliphatic carbocycles. The maximum atomic E-state index is 11.8. The van der Waals surface area contributed by atoms with Gasteiger partial charge in [0.2, 0.25) is 11.0 Å². The summed E-state index contributed by atoms with van der Waals surface area (Å²) in [5, 5.41) is 15.0. The van der Waals surface area contributed by atoms with E-state index >= 15 is 0 Å². The normalized spacial score (nSPS) is 11.6. The number of hydrogen-bond acceptors (Lipinski definition) is 6. The Morgan fingerprint density at radius 1 is 1.52 bits per heavy atom. The number of thioether (sulfide) groups is 1. The molecule has 2 N–H and O–H groups in total. The third-order valence-corrected chi connectivity index (χ3v) is 5.27. The lowest BCUT2D eigenvalue weighted by molar-refractivity contribution is -0.120. The van der Waals surface area contributed by atoms with Crippen LogP contribution in [0.2, 0.25) is 5.02 Å². The Morgan fingerprint density at radius 3 is 3.00 bits per heavy atom. The van der Waals surface area contributed by atoms with Gasteiger partial charge in [0.15, 0.2) is 4.34 Å². The molecule has 0 bridgehead atoms. The van der Waals surface area contributed by atoms with Crippen LogP contribution < -0.4 is 10.6 Å². The lowest BCUT2D eigenvalue weighted by Gasteiger charge is -2.07. The molecule has 1 heterocycles. The van der Waals surface area contributed by atoms with Gasteiger partial charge in [-0.3, -0.25) is 4.79 Å². The highest BCUT2D eigenvalue weighted by atomic mass is 35.5. The second-order valence-corrected chi connectivity index (χ2v) is 7.62. The van der Waals surface area contributed by atoms with Crippen molar-refractivity contribution < 1.29 is 4.79 Å². The molecule has 1 atom stereocenters. The number of rotatable bonds is 6. The van der Waals surface area contributed by atoms with Gasteiger partial charge in [-0.05, 0) is 31.5 Å². The number of carbonyl (C=O) groups excluding carboxylic acids is 1. The molecule has 0 spiro atoms. The second kappa shape index (κ2) is 8.20. The van der Waals surface area contributed by atoms with E-state index in [1.54, 1.807) is 6.92 Å². The lowest BCUT2D eigenvalue weighted by Crippen LogP contribution is -2.30. The zero-order valence-electron chi connectivity index (χ0n) is 12.6. The highest BCUT2D eigenvalue weighted by Gasteiger charge is 2.16. The number of halogens is 1. The van der Waals surface area contributed by atoms with Gasteiger partial charge in [-0.2, -0.15) is 0 Å². The second-order valence-electron chi connectivity index (χ2n) is 4.64. The van der Waals surface area contributed by atoms with Gasteiger partial charge in [-0.25, -0.2) is 0 Å². The molecule has 0 fully saturated rings. The smallest absolute Gasteiger partial charge is 0.234 e. The van der Waals surface area contributed by atoms with Crippen molar-refractivity contribution in [2.75, 3.05) is 11.9 Å². The van der Waals surface area contributed by atoms with Gasteiger partial charge >= 0.3 is 0 Å². The number of nitrogens with zero attached hydrogens (tertiary/aromatic N) is 2. The fraction of sp³-hybridized carbons (Fsp3) is 0.267. The maximum Gasteiger partial charge on any atom is 0.234 e. The Bertz CT molecular complexity index is 741. The van der Waals surface area contributed by atoms with Crippen LogP contribution in [0.1, 0.15) is 12.5 Å². The van der Waals surface area contributed by atoms with E-state index in [0.717, 1.165) is 11.3 Å². The SMILES string of the molecule is C#CCNC(=O)C(C)Sc1nnc(Nc2ccc(C)c(Cl)c2)s1. The molecular formula is C15H15ClN4OS2. The molecule has 2 rings (SSSR count). The molecule has 0 aliphatic heterocycles. The number of hydrogen-bond donors (Lipinski definition) is 2. The summed E-state index contributed by atoms with van der Waals surface area (Å²) in [6, 6.07) is 5.69.